The average Bonchev–Trinajstić information content (AvgIpc) is 4.44. The lowest BCUT2D eigenvalue weighted by Crippen LogP contribution is -2.51. The summed E-state index contributed by atoms with van der Waals surface area (Å²) in [6, 6.07) is 21.3. The number of aromatic nitrogens is 4. The SMILES string of the molecule is COC(=O)N[C@H](C(=O)N1CCC[C@H]1c1nc2ccc([C@H]3CC[C@H](c4ccc5nc([C@@H]6CCCN6C(=O)[C@H](C(C)C)N(C)C(=O)O)[nH]c5c4)N3c3cc(F)c(N4CCC(C(C)=O)(c5ccccc5)CC4)c(F)c3)cc2[nH]1)C(C)C. The lowest BCUT2D eigenvalue weighted by Gasteiger charge is -2.42. The number of methoxy groups -OCH3 is 1. The Balaban J connectivity index is 0.980. The van der Waals surface area contributed by atoms with E-state index in [1.807, 2.05) is 94.4 Å². The van der Waals surface area contributed by atoms with Crippen molar-refractivity contribution in [2.45, 2.75) is 128 Å². The highest BCUT2D eigenvalue weighted by Gasteiger charge is 2.44. The number of nitrogens with zero attached hydrogens (tertiary/aromatic N) is 7. The number of hydrogen-bond donors (Lipinski definition) is 4. The number of alkyl carbamates (subject to hydrolysis) is 1. The first kappa shape index (κ1) is 53.8. The van der Waals surface area contributed by atoms with Gasteiger partial charge in [-0.05, 0) is 123 Å². The van der Waals surface area contributed by atoms with Gasteiger partial charge in [0.1, 0.15) is 35.2 Å². The zero-order valence-electron chi connectivity index (χ0n) is 45.4. The highest BCUT2D eigenvalue weighted by atomic mass is 19.1. The fraction of sp³-hybridized carbons (Fsp3) is 0.475. The Morgan fingerprint density at radius 2 is 1.24 bits per heavy atom. The van der Waals surface area contributed by atoms with Gasteiger partial charge in [0.25, 0.3) is 0 Å². The number of anilines is 2. The smallest absolute Gasteiger partial charge is 0.407 e. The van der Waals surface area contributed by atoms with Crippen molar-refractivity contribution in [3.8, 4) is 0 Å². The molecule has 6 atom stereocenters. The van der Waals surface area contributed by atoms with Gasteiger partial charge in [0.15, 0.2) is 11.6 Å². The number of benzene rings is 4. The van der Waals surface area contributed by atoms with Crippen LogP contribution in [0.25, 0.3) is 22.1 Å². The minimum absolute atomic E-state index is 0.0293. The molecule has 4 aliphatic rings. The molecule has 4 amide bonds. The van der Waals surface area contributed by atoms with Gasteiger partial charge in [0, 0.05) is 38.9 Å². The van der Waals surface area contributed by atoms with E-state index in [-0.39, 0.29) is 72.4 Å². The van der Waals surface area contributed by atoms with E-state index < -0.39 is 41.3 Å². The summed E-state index contributed by atoms with van der Waals surface area (Å²) < 4.78 is 38.9. The van der Waals surface area contributed by atoms with Gasteiger partial charge in [-0.3, -0.25) is 19.3 Å². The van der Waals surface area contributed by atoms with Gasteiger partial charge < -0.3 is 44.7 Å². The van der Waals surface area contributed by atoms with Gasteiger partial charge in [-0.15, -0.1) is 0 Å². The fourth-order valence-electron chi connectivity index (χ4n) is 13.1. The second kappa shape index (κ2) is 21.7. The van der Waals surface area contributed by atoms with Gasteiger partial charge in [-0.2, -0.15) is 0 Å². The molecule has 6 heterocycles. The molecule has 412 valence electrons. The third-order valence-electron chi connectivity index (χ3n) is 17.1. The van der Waals surface area contributed by atoms with Crippen molar-refractivity contribution in [1.82, 2.24) is 40.0 Å². The number of aromatic amines is 2. The number of carbonyl (C=O) groups is 5. The second-order valence-electron chi connectivity index (χ2n) is 22.4. The third-order valence-corrected chi connectivity index (χ3v) is 17.1. The first-order valence-corrected chi connectivity index (χ1v) is 27.4. The van der Waals surface area contributed by atoms with Crippen molar-refractivity contribution in [3.05, 3.63) is 119 Å². The molecule has 0 spiro atoms. The summed E-state index contributed by atoms with van der Waals surface area (Å²) in [5.41, 5.74) is 5.05. The third kappa shape index (κ3) is 9.88. The quantitative estimate of drug-likeness (QED) is 0.0809. The van der Waals surface area contributed by atoms with Crippen LogP contribution in [0.15, 0.2) is 78.9 Å². The van der Waals surface area contributed by atoms with Crippen LogP contribution < -0.4 is 15.1 Å². The van der Waals surface area contributed by atoms with Crippen molar-refractivity contribution < 1.29 is 42.6 Å². The van der Waals surface area contributed by atoms with Crippen molar-refractivity contribution in [1.29, 1.82) is 0 Å². The van der Waals surface area contributed by atoms with E-state index >= 15 is 8.78 Å². The number of H-pyrrole nitrogens is 2. The standard InChI is InChI=1S/C59H70F2N10O7/c1-33(2)50(66-57(75)78-7)55(73)69-25-11-15-48(69)53-62-42-19-17-36(29-44(42)64-53)46-21-22-47(37-18-20-43-45(30-37)65-54(63-43)49-16-12-26-70(49)56(74)51(34(3)4)67(6)58(76)77)71(46)39-31-40(60)52(41(61)32-39)68-27-23-59(24-28-68,35(5)72)38-13-9-8-10-14-38/h8-10,13-14,17-20,29-34,46-51H,11-12,15-16,21-28H2,1-7H3,(H,62,64)(H,63,65)(H,66,75)(H,76,77)/t46-,47-,48+,49+,50+,51+/m1/s1. The van der Waals surface area contributed by atoms with Crippen LogP contribution in [0.1, 0.15) is 138 Å². The molecule has 4 saturated heterocycles. The van der Waals surface area contributed by atoms with E-state index in [1.165, 1.54) is 26.3 Å². The number of ketones is 1. The summed E-state index contributed by atoms with van der Waals surface area (Å²) in [6.45, 7) is 10.6. The van der Waals surface area contributed by atoms with Crippen LogP contribution >= 0.6 is 0 Å². The Morgan fingerprint density at radius 1 is 0.718 bits per heavy atom. The lowest BCUT2D eigenvalue weighted by atomic mass is 9.70. The first-order valence-electron chi connectivity index (χ1n) is 27.4. The summed E-state index contributed by atoms with van der Waals surface area (Å²) in [4.78, 5) is 91.0. The molecule has 78 heavy (non-hydrogen) atoms. The van der Waals surface area contributed by atoms with Gasteiger partial charge >= 0.3 is 12.2 Å². The zero-order valence-corrected chi connectivity index (χ0v) is 45.4. The van der Waals surface area contributed by atoms with Crippen LogP contribution in [0.4, 0.5) is 29.7 Å². The Bertz CT molecular complexity index is 3220. The molecule has 4 aromatic carbocycles. The number of halogens is 2. The van der Waals surface area contributed by atoms with Gasteiger partial charge in [-0.1, -0.05) is 70.2 Å². The number of fused-ring (bicyclic) bond motifs is 2. The van der Waals surface area contributed by atoms with Crippen LogP contribution in [-0.4, -0.2) is 122 Å². The Kier molecular flexibility index (Phi) is 15.0. The maximum atomic E-state index is 17.0. The number of Topliss-reactive ketones (excluding diaryl/α,β-unsaturated/α-hetero) is 1. The Hall–Kier alpha value is -7.57. The number of rotatable bonds is 14. The number of ether oxygens (including phenoxy) is 1. The Morgan fingerprint density at radius 3 is 1.72 bits per heavy atom. The molecule has 0 radical (unpaired) electrons. The van der Waals surface area contributed by atoms with Crippen LogP contribution in [0.5, 0.6) is 0 Å². The van der Waals surface area contributed by atoms with Crippen LogP contribution in [-0.2, 0) is 24.5 Å². The predicted octanol–water partition coefficient (Wildman–Crippen LogP) is 10.3. The van der Waals surface area contributed by atoms with Gasteiger partial charge in [-0.25, -0.2) is 28.3 Å². The van der Waals surface area contributed by atoms with Crippen molar-refractivity contribution >= 4 is 63.2 Å². The monoisotopic (exact) mass is 1070 g/mol. The van der Waals surface area contributed by atoms with E-state index in [0.717, 1.165) is 45.5 Å². The number of likely N-dealkylation sites (tertiary alicyclic amines) is 2. The maximum Gasteiger partial charge on any atom is 0.407 e. The number of likely N-dealkylation sites (N-methyl/N-ethyl adjacent to an activating group) is 1. The van der Waals surface area contributed by atoms with E-state index in [2.05, 4.69) is 20.2 Å². The minimum atomic E-state index is -1.17. The molecule has 6 aromatic rings. The first-order chi connectivity index (χ1) is 37.4. The molecule has 4 aliphatic heterocycles. The number of hydrogen-bond acceptors (Lipinski definition) is 10. The highest BCUT2D eigenvalue weighted by molar-refractivity contribution is 5.89. The van der Waals surface area contributed by atoms with E-state index in [1.54, 1.807) is 21.6 Å². The second-order valence-corrected chi connectivity index (χ2v) is 22.4. The summed E-state index contributed by atoms with van der Waals surface area (Å²) >= 11 is 0. The molecule has 0 aliphatic carbocycles. The number of piperidine rings is 1. The molecule has 0 bridgehead atoms. The van der Waals surface area contributed by atoms with Crippen LogP contribution in [0, 0.1) is 23.5 Å². The van der Waals surface area contributed by atoms with Crippen molar-refractivity contribution in [2.24, 2.45) is 11.8 Å². The molecule has 17 nitrogen and oxygen atoms in total. The lowest BCUT2D eigenvalue weighted by molar-refractivity contribution is -0.138. The largest absolute Gasteiger partial charge is 0.465 e. The molecule has 10 rings (SSSR count). The molecule has 0 saturated carbocycles. The molecular formula is C59H70F2N10O7. The molecule has 2 aromatic heterocycles. The molecular weight excluding hydrogens is 999 g/mol. The van der Waals surface area contributed by atoms with Crippen LogP contribution in [0.2, 0.25) is 0 Å². The number of amides is 4. The van der Waals surface area contributed by atoms with Crippen molar-refractivity contribution in [2.75, 3.05) is 50.1 Å². The van der Waals surface area contributed by atoms with E-state index in [4.69, 9.17) is 14.7 Å². The predicted molar refractivity (Wildman–Crippen MR) is 292 cm³/mol. The highest BCUT2D eigenvalue weighted by Crippen LogP contribution is 2.50. The van der Waals surface area contributed by atoms with Gasteiger partial charge in [0.05, 0.1) is 58.8 Å². The van der Waals surface area contributed by atoms with E-state index in [0.29, 0.717) is 80.0 Å². The summed E-state index contributed by atoms with van der Waals surface area (Å²) in [7, 11) is 2.69. The van der Waals surface area contributed by atoms with Crippen LogP contribution in [0.3, 0.4) is 0 Å². The topological polar surface area (TPSA) is 200 Å². The normalized spacial score (nSPS) is 21.2. The number of carboxylic acid groups (broad SMARTS) is 1. The summed E-state index contributed by atoms with van der Waals surface area (Å²) in [5, 5.41) is 12.5. The minimum Gasteiger partial charge on any atom is -0.465 e. The number of nitrogens with one attached hydrogen (secondary N) is 3. The summed E-state index contributed by atoms with van der Waals surface area (Å²) in [6.07, 6.45) is 3.04. The Labute approximate surface area is 452 Å². The summed E-state index contributed by atoms with van der Waals surface area (Å²) in [5.74, 6) is -1.07. The zero-order chi connectivity index (χ0) is 55.3. The average molecular weight is 1070 g/mol. The fourth-order valence-corrected chi connectivity index (χ4v) is 13.1. The van der Waals surface area contributed by atoms with E-state index in [9.17, 15) is 29.1 Å². The molecule has 4 N–H and O–H groups in total. The number of carbonyl (C=O) groups excluding carboxylic acids is 4. The molecule has 19 heteroatoms. The molecule has 4 fully saturated rings. The molecule has 0 unspecified atom stereocenters. The van der Waals surface area contributed by atoms with Crippen molar-refractivity contribution in [3.63, 3.8) is 0 Å². The van der Waals surface area contributed by atoms with Gasteiger partial charge in [0.2, 0.25) is 11.8 Å². The number of imidazole rings is 2. The maximum absolute atomic E-state index is 17.0.